The van der Waals surface area contributed by atoms with E-state index in [9.17, 15) is 0 Å². The number of benzene rings is 18. The van der Waals surface area contributed by atoms with Crippen LogP contribution in [0.25, 0.3) is 77.9 Å². The van der Waals surface area contributed by atoms with Crippen molar-refractivity contribution in [1.82, 2.24) is 0 Å². The molecule has 0 aromatic heterocycles. The van der Waals surface area contributed by atoms with E-state index >= 15 is 0 Å². The van der Waals surface area contributed by atoms with Gasteiger partial charge in [-0.15, -0.1) is 0 Å². The SMILES string of the molecule is CC1(C)c2ccccc2-c2ccc(N(c3ccc(-c4ccccc4)cc3)c3ccc(-c4ccc5c(c4)C4(c6ccccc6-5)c5ccccc5C(C)(C)c5ccccc54)cc3)cc21.CC1(C)c2ccccc2-c2ccc(N(c3ccc(Br)cc3)c3ccc(-c4ccccc4)cc3)cc21.CC1(C)c2ccccc2C2(c3ccccc3-c3ccc(B4OC(C)(C)C(C)(C)O4)cc32)c2ccccc21. The summed E-state index contributed by atoms with van der Waals surface area (Å²) in [5.41, 5.74) is 45.8. The molecule has 0 N–H and O–H groups in total. The molecular formula is C128H106BBrN2O2. The van der Waals surface area contributed by atoms with Gasteiger partial charge in [0.15, 0.2) is 0 Å². The highest BCUT2D eigenvalue weighted by Gasteiger charge is 2.57. The summed E-state index contributed by atoms with van der Waals surface area (Å²) in [6.45, 7) is 27.4. The van der Waals surface area contributed by atoms with Gasteiger partial charge in [0.2, 0.25) is 0 Å². The van der Waals surface area contributed by atoms with Crippen molar-refractivity contribution >= 4 is 62.6 Å². The third-order valence-corrected chi connectivity index (χ3v) is 31.8. The lowest BCUT2D eigenvalue weighted by atomic mass is 9.55. The van der Waals surface area contributed by atoms with Crippen LogP contribution in [0.15, 0.2) is 429 Å². The molecule has 18 aromatic rings. The van der Waals surface area contributed by atoms with Gasteiger partial charge in [0, 0.05) is 60.3 Å². The molecule has 0 atom stereocenters. The summed E-state index contributed by atoms with van der Waals surface area (Å²) in [5.74, 6) is 0. The quantitative estimate of drug-likeness (QED) is 0.127. The molecule has 25 rings (SSSR count). The topological polar surface area (TPSA) is 24.9 Å². The first-order valence-corrected chi connectivity index (χ1v) is 48.2. The Morgan fingerprint density at radius 3 is 0.791 bits per heavy atom. The molecule has 0 unspecified atom stereocenters. The predicted octanol–water partition coefficient (Wildman–Crippen LogP) is 32.7. The zero-order valence-corrected chi connectivity index (χ0v) is 79.7. The monoisotopic (exact) mass is 1790 g/mol. The van der Waals surface area contributed by atoms with Crippen molar-refractivity contribution in [2.45, 2.75) is 127 Å². The minimum absolute atomic E-state index is 0.0372. The van der Waals surface area contributed by atoms with Crippen LogP contribution in [-0.4, -0.2) is 18.3 Å². The smallest absolute Gasteiger partial charge is 0.399 e. The molecule has 2 spiro atoms. The minimum Gasteiger partial charge on any atom is -0.399 e. The van der Waals surface area contributed by atoms with Gasteiger partial charge < -0.3 is 19.1 Å². The molecule has 1 aliphatic heterocycles. The molecule has 0 saturated carbocycles. The Kier molecular flexibility index (Phi) is 19.9. The molecule has 1 heterocycles. The summed E-state index contributed by atoms with van der Waals surface area (Å²) in [7, 11) is -0.401. The summed E-state index contributed by atoms with van der Waals surface area (Å²) in [5, 5.41) is 0. The van der Waals surface area contributed by atoms with Gasteiger partial charge in [-0.3, -0.25) is 0 Å². The second-order valence-corrected chi connectivity index (χ2v) is 41.4. The van der Waals surface area contributed by atoms with Crippen LogP contribution >= 0.6 is 15.9 Å². The summed E-state index contributed by atoms with van der Waals surface area (Å²) < 4.78 is 14.1. The summed E-state index contributed by atoms with van der Waals surface area (Å²) >= 11 is 3.60. The number of hydrogen-bond donors (Lipinski definition) is 0. The van der Waals surface area contributed by atoms with Crippen LogP contribution in [0.1, 0.15) is 172 Å². The van der Waals surface area contributed by atoms with Crippen molar-refractivity contribution in [3.05, 3.63) is 518 Å². The molecule has 1 fully saturated rings. The van der Waals surface area contributed by atoms with Gasteiger partial charge in [-0.05, 0) is 291 Å². The first kappa shape index (κ1) is 84.3. The number of hydrogen-bond acceptors (Lipinski definition) is 4. The normalized spacial score (nSPS) is 16.2. The van der Waals surface area contributed by atoms with Gasteiger partial charge in [0.1, 0.15) is 0 Å². The second kappa shape index (κ2) is 31.6. The van der Waals surface area contributed by atoms with Crippen molar-refractivity contribution in [1.29, 1.82) is 0 Å². The predicted molar refractivity (Wildman–Crippen MR) is 562 cm³/mol. The standard InChI is InChI=1S/C61H47N.C34H33BO2.C33H26BrN/c1-59(2)51-20-10-8-18-47(51)49-37-35-46(39-57(49)59)62(44-31-26-41(27-32-44)40-16-6-5-7-17-40)45-33-28-42(29-34-45)43-30-36-50-48-19-9-11-21-52(48)61(58(50)38-43)55-24-14-12-22-53(55)60(3,4)54-23-13-15-25-56(54)61;1-31(2)26-15-9-11-17-28(26)34(29-18-12-10-16-27(29)31)25-14-8-7-13-23(25)24-20-19-22(21-30(24)34)35-36-32(3,4)33(5,6)37-35;1-33(2)31-11-7-6-10-29(31)30-21-20-28(22-32(30)33)35(27-18-14-25(34)15-19-27)26-16-12-24(13-17-26)23-8-4-3-5-9-23/h5-39H,1-4H3;7-21H,1-6H3;3-22H,1-2H3. The molecule has 4 nitrogen and oxygen atoms in total. The Morgan fingerprint density at radius 2 is 0.425 bits per heavy atom. The molecule has 18 aromatic carbocycles. The molecule has 650 valence electrons. The number of rotatable bonds is 10. The van der Waals surface area contributed by atoms with Gasteiger partial charge in [-0.1, -0.05) is 405 Å². The van der Waals surface area contributed by atoms with Gasteiger partial charge in [0.25, 0.3) is 0 Å². The molecule has 134 heavy (non-hydrogen) atoms. The highest BCUT2D eigenvalue weighted by Crippen LogP contribution is 2.65. The zero-order chi connectivity index (χ0) is 91.6. The fraction of sp³-hybridized carbons (Fsp3) is 0.156. The lowest BCUT2D eigenvalue weighted by molar-refractivity contribution is 0.00578. The van der Waals surface area contributed by atoms with Crippen molar-refractivity contribution < 1.29 is 9.31 Å². The first-order valence-electron chi connectivity index (χ1n) is 47.4. The third-order valence-electron chi connectivity index (χ3n) is 31.3. The van der Waals surface area contributed by atoms with Gasteiger partial charge in [-0.25, -0.2) is 0 Å². The average molecular weight is 1790 g/mol. The minimum atomic E-state index is -0.422. The molecule has 1 saturated heterocycles. The van der Waals surface area contributed by atoms with Crippen LogP contribution in [0.3, 0.4) is 0 Å². The summed E-state index contributed by atoms with van der Waals surface area (Å²) in [6, 6.07) is 157. The first-order chi connectivity index (χ1) is 64.9. The van der Waals surface area contributed by atoms with Crippen molar-refractivity contribution in [2.24, 2.45) is 0 Å². The molecule has 0 bridgehead atoms. The van der Waals surface area contributed by atoms with E-state index in [1.54, 1.807) is 0 Å². The number of halogens is 1. The van der Waals surface area contributed by atoms with E-state index in [-0.39, 0.29) is 32.9 Å². The molecule has 6 aliphatic carbocycles. The third kappa shape index (κ3) is 13.0. The lowest BCUT2D eigenvalue weighted by Gasteiger charge is -2.46. The van der Waals surface area contributed by atoms with Crippen LogP contribution in [0.5, 0.6) is 0 Å². The lowest BCUT2D eigenvalue weighted by Crippen LogP contribution is -2.41. The van der Waals surface area contributed by atoms with E-state index in [1.807, 2.05) is 0 Å². The average Bonchev–Trinajstić information content (AvgIpc) is 1.47. The van der Waals surface area contributed by atoms with Gasteiger partial charge in [-0.2, -0.15) is 0 Å². The Labute approximate surface area is 798 Å². The van der Waals surface area contributed by atoms with Crippen molar-refractivity contribution in [3.8, 4) is 77.9 Å². The Bertz CT molecular complexity index is 7580. The van der Waals surface area contributed by atoms with E-state index in [4.69, 9.17) is 9.31 Å². The van der Waals surface area contributed by atoms with Crippen LogP contribution in [0, 0.1) is 0 Å². The molecule has 0 radical (unpaired) electrons. The van der Waals surface area contributed by atoms with E-state index in [2.05, 4.69) is 533 Å². The van der Waals surface area contributed by atoms with E-state index < -0.39 is 17.9 Å². The number of fused-ring (bicyclic) bond motifs is 24. The Hall–Kier alpha value is -14.0. The van der Waals surface area contributed by atoms with Crippen LogP contribution in [0.4, 0.5) is 34.1 Å². The highest BCUT2D eigenvalue weighted by atomic mass is 79.9. The van der Waals surface area contributed by atoms with E-state index in [0.29, 0.717) is 0 Å². The number of nitrogens with zero attached hydrogens (tertiary/aromatic N) is 2. The van der Waals surface area contributed by atoms with Crippen LogP contribution < -0.4 is 15.3 Å². The van der Waals surface area contributed by atoms with Crippen molar-refractivity contribution in [3.63, 3.8) is 0 Å². The summed E-state index contributed by atoms with van der Waals surface area (Å²) in [6.07, 6.45) is 0. The largest absolute Gasteiger partial charge is 0.494 e. The fourth-order valence-corrected chi connectivity index (χ4v) is 24.1. The Balaban J connectivity index is 0.000000121. The van der Waals surface area contributed by atoms with Gasteiger partial charge >= 0.3 is 7.12 Å². The van der Waals surface area contributed by atoms with Crippen LogP contribution in [-0.2, 0) is 41.8 Å². The molecule has 0 amide bonds. The molecule has 6 heteroatoms. The molecule has 7 aliphatic rings. The second-order valence-electron chi connectivity index (χ2n) is 40.5. The maximum atomic E-state index is 6.51. The van der Waals surface area contributed by atoms with Gasteiger partial charge in [0.05, 0.1) is 22.0 Å². The number of anilines is 6. The Morgan fingerprint density at radius 1 is 0.187 bits per heavy atom. The maximum Gasteiger partial charge on any atom is 0.494 e. The highest BCUT2D eigenvalue weighted by molar-refractivity contribution is 9.10. The van der Waals surface area contributed by atoms with E-state index in [1.165, 1.54) is 173 Å². The molecular weight excluding hydrogens is 1690 g/mol. The van der Waals surface area contributed by atoms with E-state index in [0.717, 1.165) is 38.4 Å². The maximum absolute atomic E-state index is 6.51. The van der Waals surface area contributed by atoms with Crippen LogP contribution in [0.2, 0.25) is 0 Å². The summed E-state index contributed by atoms with van der Waals surface area (Å²) in [4.78, 5) is 4.77. The fourth-order valence-electron chi connectivity index (χ4n) is 23.9. The van der Waals surface area contributed by atoms with Crippen molar-refractivity contribution in [2.75, 3.05) is 9.80 Å². The zero-order valence-electron chi connectivity index (χ0n) is 78.1.